The van der Waals surface area contributed by atoms with E-state index in [1.807, 2.05) is 6.07 Å². The van der Waals surface area contributed by atoms with Crippen LogP contribution in [0.5, 0.6) is 0 Å². The third kappa shape index (κ3) is 3.32. The molecule has 1 amide bonds. The van der Waals surface area contributed by atoms with Crippen molar-refractivity contribution in [3.63, 3.8) is 0 Å². The van der Waals surface area contributed by atoms with Gasteiger partial charge in [-0.25, -0.2) is 4.39 Å². The molecular weight excluding hydrogens is 243 g/mol. The first-order valence-corrected chi connectivity index (χ1v) is 6.93. The van der Waals surface area contributed by atoms with Crippen molar-refractivity contribution >= 4 is 5.91 Å². The van der Waals surface area contributed by atoms with Gasteiger partial charge in [0.05, 0.1) is 6.04 Å². The number of fused-ring (bicyclic) bond motifs is 1. The van der Waals surface area contributed by atoms with Gasteiger partial charge in [-0.2, -0.15) is 0 Å². The molecule has 0 saturated carbocycles. The number of amides is 1. The summed E-state index contributed by atoms with van der Waals surface area (Å²) >= 11 is 0. The van der Waals surface area contributed by atoms with Gasteiger partial charge < -0.3 is 10.6 Å². The lowest BCUT2D eigenvalue weighted by Gasteiger charge is -2.30. The van der Waals surface area contributed by atoms with Crippen molar-refractivity contribution in [1.82, 2.24) is 4.90 Å². The maximum absolute atomic E-state index is 13.2. The Kier molecular flexibility index (Phi) is 4.53. The molecule has 0 unspecified atom stereocenters. The van der Waals surface area contributed by atoms with E-state index in [1.165, 1.54) is 12.1 Å². The summed E-state index contributed by atoms with van der Waals surface area (Å²) in [6.45, 7) is 3.24. The molecule has 104 valence electrons. The van der Waals surface area contributed by atoms with Gasteiger partial charge in [-0.1, -0.05) is 25.8 Å². The van der Waals surface area contributed by atoms with Gasteiger partial charge in [-0.3, -0.25) is 4.79 Å². The van der Waals surface area contributed by atoms with Crippen LogP contribution in [0.3, 0.4) is 0 Å². The minimum absolute atomic E-state index is 0.0108. The lowest BCUT2D eigenvalue weighted by atomic mass is 9.98. The predicted molar refractivity (Wildman–Crippen MR) is 73.0 cm³/mol. The van der Waals surface area contributed by atoms with Gasteiger partial charge in [0.2, 0.25) is 5.91 Å². The van der Waals surface area contributed by atoms with Crippen LogP contribution in [0, 0.1) is 5.82 Å². The normalized spacial score (nSPS) is 16.1. The zero-order valence-electron chi connectivity index (χ0n) is 11.4. The molecule has 0 bridgehead atoms. The average molecular weight is 264 g/mol. The Morgan fingerprint density at radius 2 is 2.26 bits per heavy atom. The van der Waals surface area contributed by atoms with Crippen LogP contribution in [-0.2, 0) is 17.8 Å². The van der Waals surface area contributed by atoms with Gasteiger partial charge in [0.15, 0.2) is 0 Å². The van der Waals surface area contributed by atoms with Gasteiger partial charge in [0, 0.05) is 13.1 Å². The number of halogens is 1. The van der Waals surface area contributed by atoms with E-state index in [0.717, 1.165) is 36.8 Å². The molecule has 1 aliphatic rings. The zero-order chi connectivity index (χ0) is 13.8. The monoisotopic (exact) mass is 264 g/mol. The van der Waals surface area contributed by atoms with Crippen molar-refractivity contribution in [3.05, 3.63) is 35.1 Å². The van der Waals surface area contributed by atoms with Crippen molar-refractivity contribution in [3.8, 4) is 0 Å². The van der Waals surface area contributed by atoms with Crippen LogP contribution in [0.4, 0.5) is 4.39 Å². The molecule has 1 aromatic rings. The topological polar surface area (TPSA) is 46.3 Å². The number of carbonyl (C=O) groups excluding carboxylic acids is 1. The summed E-state index contributed by atoms with van der Waals surface area (Å²) in [5.41, 5.74) is 7.96. The summed E-state index contributed by atoms with van der Waals surface area (Å²) in [4.78, 5) is 14.0. The van der Waals surface area contributed by atoms with E-state index < -0.39 is 6.04 Å². The van der Waals surface area contributed by atoms with Crippen LogP contribution in [0.1, 0.15) is 37.3 Å². The van der Waals surface area contributed by atoms with E-state index in [0.29, 0.717) is 13.1 Å². The summed E-state index contributed by atoms with van der Waals surface area (Å²) in [5, 5.41) is 0. The minimum atomic E-state index is -0.421. The molecular formula is C15H21FN2O. The van der Waals surface area contributed by atoms with Crippen LogP contribution in [-0.4, -0.2) is 23.4 Å². The smallest absolute Gasteiger partial charge is 0.239 e. The van der Waals surface area contributed by atoms with Crippen molar-refractivity contribution in [2.24, 2.45) is 5.73 Å². The van der Waals surface area contributed by atoms with Gasteiger partial charge >= 0.3 is 0 Å². The second kappa shape index (κ2) is 6.15. The standard InChI is InChI=1S/C15H21FN2O/c1-2-3-4-14(17)15(19)18-8-7-11-5-6-13(16)9-12(11)10-18/h5-6,9,14H,2-4,7-8,10,17H2,1H3/t14-/m0/s1. The summed E-state index contributed by atoms with van der Waals surface area (Å²) in [7, 11) is 0. The second-order valence-electron chi connectivity index (χ2n) is 5.17. The fraction of sp³-hybridized carbons (Fsp3) is 0.533. The molecule has 1 aliphatic heterocycles. The highest BCUT2D eigenvalue weighted by atomic mass is 19.1. The molecule has 0 saturated heterocycles. The lowest BCUT2D eigenvalue weighted by molar-refractivity contribution is -0.133. The third-order valence-electron chi connectivity index (χ3n) is 3.68. The molecule has 1 aromatic carbocycles. The van der Waals surface area contributed by atoms with E-state index in [-0.39, 0.29) is 11.7 Å². The molecule has 4 heteroatoms. The van der Waals surface area contributed by atoms with Crippen molar-refractivity contribution in [1.29, 1.82) is 0 Å². The van der Waals surface area contributed by atoms with Crippen molar-refractivity contribution < 1.29 is 9.18 Å². The predicted octanol–water partition coefficient (Wildman–Crippen LogP) is 2.23. The maximum Gasteiger partial charge on any atom is 0.239 e. The van der Waals surface area contributed by atoms with Crippen LogP contribution in [0.15, 0.2) is 18.2 Å². The molecule has 1 heterocycles. The van der Waals surface area contributed by atoms with Gasteiger partial charge in [-0.15, -0.1) is 0 Å². The van der Waals surface area contributed by atoms with Crippen molar-refractivity contribution in [2.75, 3.05) is 6.54 Å². The molecule has 19 heavy (non-hydrogen) atoms. The summed E-state index contributed by atoms with van der Waals surface area (Å²) in [6, 6.07) is 4.38. The molecule has 0 fully saturated rings. The maximum atomic E-state index is 13.2. The molecule has 0 spiro atoms. The Bertz CT molecular complexity index is 461. The first-order valence-electron chi connectivity index (χ1n) is 6.93. The second-order valence-corrected chi connectivity index (χ2v) is 5.17. The first-order chi connectivity index (χ1) is 9.11. The molecule has 2 N–H and O–H groups in total. The third-order valence-corrected chi connectivity index (χ3v) is 3.68. The van der Waals surface area contributed by atoms with Gasteiger partial charge in [-0.05, 0) is 36.1 Å². The number of carbonyl (C=O) groups is 1. The number of hydrogen-bond donors (Lipinski definition) is 1. The molecule has 0 aromatic heterocycles. The lowest BCUT2D eigenvalue weighted by Crippen LogP contribution is -2.45. The van der Waals surface area contributed by atoms with Crippen LogP contribution in [0.2, 0.25) is 0 Å². The van der Waals surface area contributed by atoms with Crippen LogP contribution in [0.25, 0.3) is 0 Å². The highest BCUT2D eigenvalue weighted by molar-refractivity contribution is 5.81. The number of unbranched alkanes of at least 4 members (excludes halogenated alkanes) is 1. The zero-order valence-corrected chi connectivity index (χ0v) is 11.4. The van der Waals surface area contributed by atoms with Gasteiger partial charge in [0.25, 0.3) is 0 Å². The fourth-order valence-electron chi connectivity index (χ4n) is 2.50. The van der Waals surface area contributed by atoms with E-state index in [9.17, 15) is 9.18 Å². The Balaban J connectivity index is 2.02. The minimum Gasteiger partial charge on any atom is -0.337 e. The summed E-state index contributed by atoms with van der Waals surface area (Å²) in [6.07, 6.45) is 3.50. The SMILES string of the molecule is CCCC[C@H](N)C(=O)N1CCc2ccc(F)cc2C1. The molecule has 1 atom stereocenters. The van der Waals surface area contributed by atoms with E-state index in [4.69, 9.17) is 5.73 Å². The highest BCUT2D eigenvalue weighted by Gasteiger charge is 2.24. The Hall–Kier alpha value is -1.42. The fourth-order valence-corrected chi connectivity index (χ4v) is 2.50. The van der Waals surface area contributed by atoms with E-state index in [1.54, 1.807) is 4.90 Å². The summed E-state index contributed by atoms with van der Waals surface area (Å²) < 4.78 is 13.2. The van der Waals surface area contributed by atoms with E-state index >= 15 is 0 Å². The van der Waals surface area contributed by atoms with E-state index in [2.05, 4.69) is 6.92 Å². The molecule has 0 aliphatic carbocycles. The summed E-state index contributed by atoms with van der Waals surface area (Å²) in [5.74, 6) is -0.258. The Morgan fingerprint density at radius 1 is 1.47 bits per heavy atom. The number of hydrogen-bond acceptors (Lipinski definition) is 2. The van der Waals surface area contributed by atoms with Gasteiger partial charge in [0.1, 0.15) is 5.82 Å². The number of nitrogens with zero attached hydrogens (tertiary/aromatic N) is 1. The van der Waals surface area contributed by atoms with Crippen molar-refractivity contribution in [2.45, 2.75) is 45.2 Å². The quantitative estimate of drug-likeness (QED) is 0.906. The first kappa shape index (κ1) is 14.0. The number of nitrogens with two attached hydrogens (primary N) is 1. The Morgan fingerprint density at radius 3 is 3.00 bits per heavy atom. The molecule has 3 nitrogen and oxygen atoms in total. The molecule has 0 radical (unpaired) electrons. The van der Waals surface area contributed by atoms with Crippen LogP contribution >= 0.6 is 0 Å². The average Bonchev–Trinajstić information content (AvgIpc) is 2.43. The highest BCUT2D eigenvalue weighted by Crippen LogP contribution is 2.20. The Labute approximate surface area is 113 Å². The molecule has 2 rings (SSSR count). The largest absolute Gasteiger partial charge is 0.337 e. The number of rotatable bonds is 4. The number of benzene rings is 1. The van der Waals surface area contributed by atoms with Crippen LogP contribution < -0.4 is 5.73 Å².